The minimum absolute atomic E-state index is 0.0286. The molecule has 0 saturated carbocycles. The van der Waals surface area contributed by atoms with E-state index in [9.17, 15) is 37.1 Å². The number of amides is 5. The summed E-state index contributed by atoms with van der Waals surface area (Å²) in [6.07, 6.45) is -1.46. The molecule has 0 radical (unpaired) electrons. The molecular weight excluding hydrogens is 733 g/mol. The second-order valence-electron chi connectivity index (χ2n) is 13.7. The quantitative estimate of drug-likeness (QED) is 0.167. The van der Waals surface area contributed by atoms with Gasteiger partial charge in [0, 0.05) is 57.4 Å². The first-order chi connectivity index (χ1) is 26.8. The zero-order valence-corrected chi connectivity index (χ0v) is 30.8. The Morgan fingerprint density at radius 1 is 1.02 bits per heavy atom. The van der Waals surface area contributed by atoms with Crippen LogP contribution < -0.4 is 30.9 Å². The number of nitriles is 1. The summed E-state index contributed by atoms with van der Waals surface area (Å²) in [4.78, 5) is 69.9. The Labute approximate surface area is 321 Å². The molecular formula is C39H43F3N8O6. The number of aromatic nitrogens is 1. The second kappa shape index (κ2) is 19.0. The molecule has 3 aromatic rings. The number of nitrogens with zero attached hydrogens (tertiary/aromatic N) is 4. The van der Waals surface area contributed by atoms with E-state index in [4.69, 9.17) is 10.00 Å². The van der Waals surface area contributed by atoms with Crippen molar-refractivity contribution in [2.24, 2.45) is 5.92 Å². The number of nitrogens with one attached hydrogen (secondary N) is 4. The first kappa shape index (κ1) is 41.1. The number of alkyl halides is 3. The molecule has 4 N–H and O–H groups in total. The maximum Gasteiger partial charge on any atom is 0.417 e. The van der Waals surface area contributed by atoms with Gasteiger partial charge in [-0.3, -0.25) is 34.2 Å². The van der Waals surface area contributed by atoms with Crippen LogP contribution in [-0.2, 0) is 43.1 Å². The van der Waals surface area contributed by atoms with Crippen LogP contribution in [0.5, 0.6) is 5.75 Å². The standard InChI is InChI=1S/C39H43F3N8O6/c1-25(37(54)46-29-7-6-28(22-43)31(21-29)39(40,41)42)24-56-30-8-4-26(5-9-30)23-45-34(51)3-2-14-49-15-17-50(18-16-49)33-19-27(12-13-44-33)20-36(53)47-32-10-11-35(52)48-38(32)55/h4-9,12-13,19,21,25,32H,2-3,10-11,14-18,20,23-24H2,1H3,(H,45,51)(H,46,54)(H,47,53)(H,48,52,55)/t25-,32?/m1/s1. The maximum absolute atomic E-state index is 13.3. The fourth-order valence-corrected chi connectivity index (χ4v) is 6.18. The van der Waals surface area contributed by atoms with Crippen molar-refractivity contribution < 1.29 is 41.9 Å². The van der Waals surface area contributed by atoms with Crippen LogP contribution in [0, 0.1) is 17.2 Å². The fraction of sp³-hybridized carbons (Fsp3) is 0.410. The van der Waals surface area contributed by atoms with E-state index in [1.165, 1.54) is 12.1 Å². The van der Waals surface area contributed by atoms with E-state index in [0.717, 1.165) is 61.8 Å². The van der Waals surface area contributed by atoms with Gasteiger partial charge in [0.15, 0.2) is 0 Å². The SMILES string of the molecule is C[C@H](COc1ccc(CNC(=O)CCCN2CCN(c3cc(CC(=O)NC4CCC(=O)NC4=O)ccn3)CC2)cc1)C(=O)Nc1ccc(C#N)c(C(F)(F)F)c1. The molecule has 56 heavy (non-hydrogen) atoms. The lowest BCUT2D eigenvalue weighted by molar-refractivity contribution is -0.138. The van der Waals surface area contributed by atoms with Crippen LogP contribution >= 0.6 is 0 Å². The lowest BCUT2D eigenvalue weighted by Crippen LogP contribution is -2.52. The van der Waals surface area contributed by atoms with Gasteiger partial charge >= 0.3 is 6.18 Å². The normalized spacial score (nSPS) is 16.6. The average Bonchev–Trinajstić information content (AvgIpc) is 3.17. The van der Waals surface area contributed by atoms with Crippen LogP contribution in [0.15, 0.2) is 60.8 Å². The highest BCUT2D eigenvalue weighted by atomic mass is 19.4. The third-order valence-electron chi connectivity index (χ3n) is 9.40. The Morgan fingerprint density at radius 3 is 2.46 bits per heavy atom. The molecule has 14 nitrogen and oxygen atoms in total. The highest BCUT2D eigenvalue weighted by molar-refractivity contribution is 6.01. The molecule has 296 valence electrons. The predicted molar refractivity (Wildman–Crippen MR) is 198 cm³/mol. The summed E-state index contributed by atoms with van der Waals surface area (Å²) in [5, 5.41) is 19.2. The van der Waals surface area contributed by atoms with E-state index in [-0.39, 0.29) is 49.3 Å². The number of imide groups is 1. The van der Waals surface area contributed by atoms with E-state index in [2.05, 4.69) is 36.1 Å². The molecule has 2 aliphatic heterocycles. The Bertz CT molecular complexity index is 1940. The number of pyridine rings is 1. The summed E-state index contributed by atoms with van der Waals surface area (Å²) in [6, 6.07) is 14.4. The van der Waals surface area contributed by atoms with E-state index in [0.29, 0.717) is 25.1 Å². The van der Waals surface area contributed by atoms with Crippen molar-refractivity contribution in [2.75, 3.05) is 49.5 Å². The summed E-state index contributed by atoms with van der Waals surface area (Å²) in [6.45, 7) is 5.70. The zero-order valence-electron chi connectivity index (χ0n) is 30.8. The lowest BCUT2D eigenvalue weighted by atomic mass is 10.1. The molecule has 2 aliphatic rings. The molecule has 3 heterocycles. The van der Waals surface area contributed by atoms with Gasteiger partial charge < -0.3 is 25.6 Å². The number of piperidine rings is 1. The van der Waals surface area contributed by atoms with Crippen molar-refractivity contribution >= 4 is 41.0 Å². The molecule has 0 aliphatic carbocycles. The van der Waals surface area contributed by atoms with Crippen molar-refractivity contribution in [3.63, 3.8) is 0 Å². The molecule has 1 unspecified atom stereocenters. The van der Waals surface area contributed by atoms with Crippen LogP contribution in [0.2, 0.25) is 0 Å². The van der Waals surface area contributed by atoms with Gasteiger partial charge in [0.25, 0.3) is 0 Å². The first-order valence-corrected chi connectivity index (χ1v) is 18.2. The van der Waals surface area contributed by atoms with Crippen LogP contribution in [0.1, 0.15) is 54.9 Å². The number of halogens is 3. The Balaban J connectivity index is 0.953. The minimum Gasteiger partial charge on any atom is -0.493 e. The van der Waals surface area contributed by atoms with Crippen molar-refractivity contribution in [1.82, 2.24) is 25.8 Å². The largest absolute Gasteiger partial charge is 0.493 e. The number of hydrogen-bond acceptors (Lipinski definition) is 10. The molecule has 5 rings (SSSR count). The molecule has 2 aromatic carbocycles. The van der Waals surface area contributed by atoms with Gasteiger partial charge in [0.1, 0.15) is 17.6 Å². The van der Waals surface area contributed by atoms with Gasteiger partial charge in [-0.1, -0.05) is 19.1 Å². The van der Waals surface area contributed by atoms with E-state index in [1.807, 2.05) is 6.07 Å². The number of anilines is 2. The number of carbonyl (C=O) groups is 5. The van der Waals surface area contributed by atoms with Crippen molar-refractivity contribution in [3.8, 4) is 11.8 Å². The van der Waals surface area contributed by atoms with Crippen LogP contribution in [0.3, 0.4) is 0 Å². The minimum atomic E-state index is -4.74. The molecule has 0 bridgehead atoms. The summed E-state index contributed by atoms with van der Waals surface area (Å²) >= 11 is 0. The molecule has 2 atom stereocenters. The molecule has 5 amide bonds. The molecule has 2 fully saturated rings. The van der Waals surface area contributed by atoms with Crippen molar-refractivity contribution in [1.29, 1.82) is 5.26 Å². The number of carbonyl (C=O) groups excluding carboxylic acids is 5. The van der Waals surface area contributed by atoms with Crippen molar-refractivity contribution in [2.45, 2.75) is 57.8 Å². The number of ether oxygens (including phenoxy) is 1. The summed E-state index contributed by atoms with van der Waals surface area (Å²) < 4.78 is 45.5. The van der Waals surface area contributed by atoms with Gasteiger partial charge in [-0.15, -0.1) is 0 Å². The van der Waals surface area contributed by atoms with Gasteiger partial charge in [0.2, 0.25) is 29.5 Å². The third kappa shape index (κ3) is 12.0. The molecule has 1 aromatic heterocycles. The molecule has 0 spiro atoms. The number of rotatable bonds is 15. The molecule has 17 heteroatoms. The van der Waals surface area contributed by atoms with Gasteiger partial charge in [-0.25, -0.2) is 4.98 Å². The third-order valence-corrected chi connectivity index (χ3v) is 9.40. The summed E-state index contributed by atoms with van der Waals surface area (Å²) in [7, 11) is 0. The maximum atomic E-state index is 13.3. The highest BCUT2D eigenvalue weighted by Crippen LogP contribution is 2.33. The summed E-state index contributed by atoms with van der Waals surface area (Å²) in [5.41, 5.74) is -0.118. The van der Waals surface area contributed by atoms with Crippen LogP contribution in [0.25, 0.3) is 0 Å². The van der Waals surface area contributed by atoms with E-state index < -0.39 is 41.1 Å². The van der Waals surface area contributed by atoms with E-state index in [1.54, 1.807) is 43.5 Å². The topological polar surface area (TPSA) is 186 Å². The van der Waals surface area contributed by atoms with Gasteiger partial charge in [-0.05, 0) is 73.0 Å². The first-order valence-electron chi connectivity index (χ1n) is 18.2. The smallest absolute Gasteiger partial charge is 0.417 e. The zero-order chi connectivity index (χ0) is 40.2. The Kier molecular flexibility index (Phi) is 14.0. The number of piperazine rings is 1. The van der Waals surface area contributed by atoms with Crippen molar-refractivity contribution in [3.05, 3.63) is 83.0 Å². The van der Waals surface area contributed by atoms with Crippen LogP contribution in [-0.4, -0.2) is 84.8 Å². The monoisotopic (exact) mass is 776 g/mol. The van der Waals surface area contributed by atoms with Crippen LogP contribution in [0.4, 0.5) is 24.7 Å². The Hall–Kier alpha value is -6.02. The number of benzene rings is 2. The van der Waals surface area contributed by atoms with Gasteiger partial charge in [-0.2, -0.15) is 18.4 Å². The predicted octanol–water partition coefficient (Wildman–Crippen LogP) is 3.31. The molecule has 2 saturated heterocycles. The Morgan fingerprint density at radius 2 is 1.77 bits per heavy atom. The number of hydrogen-bond donors (Lipinski definition) is 4. The summed E-state index contributed by atoms with van der Waals surface area (Å²) in [5.74, 6) is -1.19. The fourth-order valence-electron chi connectivity index (χ4n) is 6.18. The average molecular weight is 777 g/mol. The van der Waals surface area contributed by atoms with E-state index >= 15 is 0 Å². The highest BCUT2D eigenvalue weighted by Gasteiger charge is 2.34. The van der Waals surface area contributed by atoms with Gasteiger partial charge in [0.05, 0.1) is 36.1 Å². The second-order valence-corrected chi connectivity index (χ2v) is 13.7. The lowest BCUT2D eigenvalue weighted by Gasteiger charge is -2.35.